The molecule has 0 unspecified atom stereocenters. The van der Waals surface area contributed by atoms with E-state index in [1.165, 1.54) is 7.11 Å². The average Bonchev–Trinajstić information content (AvgIpc) is 2.63. The molecule has 0 bridgehead atoms. The standard InChI is InChI=1S/C18H22N4O3/c1-13-5-4-6-16(14(13)2)20-17(23)15(11-19)12-21-7-9-22(10-8-21)18(24)25-3/h4-6,12H,7-10H2,1-3H3,(H,20,23)/b15-12-. The summed E-state index contributed by atoms with van der Waals surface area (Å²) in [4.78, 5) is 27.3. The van der Waals surface area contributed by atoms with Gasteiger partial charge in [0.25, 0.3) is 5.91 Å². The predicted molar refractivity (Wildman–Crippen MR) is 93.8 cm³/mol. The number of nitrogens with one attached hydrogen (secondary N) is 1. The molecule has 0 atom stereocenters. The normalized spacial score (nSPS) is 14.7. The van der Waals surface area contributed by atoms with Crippen LogP contribution in [0.15, 0.2) is 30.0 Å². The first-order valence-electron chi connectivity index (χ1n) is 8.02. The fourth-order valence-corrected chi connectivity index (χ4v) is 2.56. The minimum atomic E-state index is -0.438. The molecule has 0 aliphatic carbocycles. The third-order valence-electron chi connectivity index (χ3n) is 4.28. The quantitative estimate of drug-likeness (QED) is 0.671. The molecule has 0 saturated carbocycles. The third kappa shape index (κ3) is 4.51. The summed E-state index contributed by atoms with van der Waals surface area (Å²) in [6.07, 6.45) is 1.19. The summed E-state index contributed by atoms with van der Waals surface area (Å²) in [5.74, 6) is -0.438. The van der Waals surface area contributed by atoms with Gasteiger partial charge in [0.1, 0.15) is 11.6 Å². The minimum absolute atomic E-state index is 0.0347. The molecule has 2 rings (SSSR count). The van der Waals surface area contributed by atoms with Crippen LogP contribution in [0.2, 0.25) is 0 Å². The zero-order chi connectivity index (χ0) is 18.4. The van der Waals surface area contributed by atoms with Gasteiger partial charge in [0.2, 0.25) is 0 Å². The highest BCUT2D eigenvalue weighted by molar-refractivity contribution is 6.06. The number of piperazine rings is 1. The lowest BCUT2D eigenvalue weighted by Gasteiger charge is -2.33. The van der Waals surface area contributed by atoms with Crippen molar-refractivity contribution in [2.24, 2.45) is 0 Å². The van der Waals surface area contributed by atoms with E-state index in [2.05, 4.69) is 10.1 Å². The average molecular weight is 342 g/mol. The van der Waals surface area contributed by atoms with E-state index in [0.717, 1.165) is 11.1 Å². The SMILES string of the molecule is COC(=O)N1CCN(/C=C(/C#N)C(=O)Nc2cccc(C)c2C)CC1. The van der Waals surface area contributed by atoms with Gasteiger partial charge in [-0.1, -0.05) is 12.1 Å². The lowest BCUT2D eigenvalue weighted by atomic mass is 10.1. The molecule has 1 aliphatic rings. The maximum Gasteiger partial charge on any atom is 0.409 e. The molecule has 7 heteroatoms. The van der Waals surface area contributed by atoms with Crippen LogP contribution in [0.3, 0.4) is 0 Å². The van der Waals surface area contributed by atoms with Crippen LogP contribution in [0.25, 0.3) is 0 Å². The second-order valence-corrected chi connectivity index (χ2v) is 5.85. The van der Waals surface area contributed by atoms with Crippen molar-refractivity contribution >= 4 is 17.7 Å². The first kappa shape index (κ1) is 18.3. The number of aryl methyl sites for hydroxylation is 1. The number of rotatable bonds is 3. The maximum atomic E-state index is 12.4. The number of carbonyl (C=O) groups excluding carboxylic acids is 2. The Balaban J connectivity index is 2.03. The second-order valence-electron chi connectivity index (χ2n) is 5.85. The van der Waals surface area contributed by atoms with E-state index in [1.54, 1.807) is 11.1 Å². The predicted octanol–water partition coefficient (Wildman–Crippen LogP) is 2.03. The Morgan fingerprint density at radius 1 is 1.24 bits per heavy atom. The molecule has 7 nitrogen and oxygen atoms in total. The van der Waals surface area contributed by atoms with E-state index >= 15 is 0 Å². The highest BCUT2D eigenvalue weighted by Crippen LogP contribution is 2.18. The summed E-state index contributed by atoms with van der Waals surface area (Å²) >= 11 is 0. The Kier molecular flexibility index (Phi) is 6.01. The number of nitrogens with zero attached hydrogens (tertiary/aromatic N) is 3. The Bertz CT molecular complexity index is 728. The molecular formula is C18H22N4O3. The molecule has 132 valence electrons. The first-order chi connectivity index (χ1) is 12.0. The Morgan fingerprint density at radius 2 is 1.92 bits per heavy atom. The van der Waals surface area contributed by atoms with Gasteiger partial charge in [0.15, 0.2) is 0 Å². The molecule has 1 aromatic carbocycles. The van der Waals surface area contributed by atoms with Crippen LogP contribution in [-0.4, -0.2) is 55.1 Å². The van der Waals surface area contributed by atoms with Crippen molar-refractivity contribution < 1.29 is 14.3 Å². The summed E-state index contributed by atoms with van der Waals surface area (Å²) in [5.41, 5.74) is 2.77. The van der Waals surface area contributed by atoms with Gasteiger partial charge in [-0.05, 0) is 31.0 Å². The number of hydrogen-bond acceptors (Lipinski definition) is 5. The number of benzene rings is 1. The third-order valence-corrected chi connectivity index (χ3v) is 4.28. The number of amides is 2. The maximum absolute atomic E-state index is 12.4. The molecule has 1 fully saturated rings. The van der Waals surface area contributed by atoms with Gasteiger partial charge >= 0.3 is 6.09 Å². The van der Waals surface area contributed by atoms with Crippen LogP contribution < -0.4 is 5.32 Å². The van der Waals surface area contributed by atoms with Crippen LogP contribution >= 0.6 is 0 Å². The lowest BCUT2D eigenvalue weighted by Crippen LogP contribution is -2.47. The Hall–Kier alpha value is -3.01. The smallest absolute Gasteiger partial charge is 0.409 e. The van der Waals surface area contributed by atoms with Crippen LogP contribution in [-0.2, 0) is 9.53 Å². The van der Waals surface area contributed by atoms with Gasteiger partial charge in [-0.15, -0.1) is 0 Å². The largest absolute Gasteiger partial charge is 0.453 e. The number of anilines is 1. The fourth-order valence-electron chi connectivity index (χ4n) is 2.56. The van der Waals surface area contributed by atoms with Gasteiger partial charge in [-0.3, -0.25) is 4.79 Å². The molecule has 1 saturated heterocycles. The molecule has 1 aliphatic heterocycles. The van der Waals surface area contributed by atoms with Gasteiger partial charge in [-0.2, -0.15) is 5.26 Å². The van der Waals surface area contributed by atoms with E-state index < -0.39 is 5.91 Å². The molecular weight excluding hydrogens is 320 g/mol. The number of nitriles is 1. The van der Waals surface area contributed by atoms with Crippen molar-refractivity contribution in [2.75, 3.05) is 38.6 Å². The minimum Gasteiger partial charge on any atom is -0.453 e. The molecule has 25 heavy (non-hydrogen) atoms. The van der Waals surface area contributed by atoms with E-state index in [1.807, 2.05) is 43.0 Å². The monoisotopic (exact) mass is 342 g/mol. The van der Waals surface area contributed by atoms with Gasteiger partial charge in [0.05, 0.1) is 7.11 Å². The second kappa shape index (κ2) is 8.20. The summed E-state index contributed by atoms with van der Waals surface area (Å²) in [5, 5.41) is 12.1. The molecule has 1 N–H and O–H groups in total. The van der Waals surface area contributed by atoms with E-state index in [0.29, 0.717) is 31.9 Å². The topological polar surface area (TPSA) is 85.7 Å². The van der Waals surface area contributed by atoms with Crippen molar-refractivity contribution in [3.63, 3.8) is 0 Å². The number of ether oxygens (including phenoxy) is 1. The fraction of sp³-hybridized carbons (Fsp3) is 0.389. The number of methoxy groups -OCH3 is 1. The molecule has 0 radical (unpaired) electrons. The van der Waals surface area contributed by atoms with Crippen molar-refractivity contribution in [3.8, 4) is 6.07 Å². The summed E-state index contributed by atoms with van der Waals surface area (Å²) < 4.78 is 4.69. The van der Waals surface area contributed by atoms with Crippen LogP contribution in [0.5, 0.6) is 0 Å². The van der Waals surface area contributed by atoms with Gasteiger partial charge in [-0.25, -0.2) is 4.79 Å². The summed E-state index contributed by atoms with van der Waals surface area (Å²) in [6, 6.07) is 7.59. The van der Waals surface area contributed by atoms with E-state index in [-0.39, 0.29) is 11.7 Å². The molecule has 1 heterocycles. The van der Waals surface area contributed by atoms with Crippen LogP contribution in [0.1, 0.15) is 11.1 Å². The molecule has 2 amide bonds. The van der Waals surface area contributed by atoms with Crippen LogP contribution in [0, 0.1) is 25.2 Å². The zero-order valence-corrected chi connectivity index (χ0v) is 14.7. The van der Waals surface area contributed by atoms with Gasteiger partial charge < -0.3 is 19.9 Å². The highest BCUT2D eigenvalue weighted by atomic mass is 16.5. The highest BCUT2D eigenvalue weighted by Gasteiger charge is 2.21. The van der Waals surface area contributed by atoms with Crippen molar-refractivity contribution in [1.82, 2.24) is 9.80 Å². The van der Waals surface area contributed by atoms with Crippen molar-refractivity contribution in [2.45, 2.75) is 13.8 Å². The zero-order valence-electron chi connectivity index (χ0n) is 14.7. The van der Waals surface area contributed by atoms with Crippen molar-refractivity contribution in [3.05, 3.63) is 41.1 Å². The number of hydrogen-bond donors (Lipinski definition) is 1. The summed E-state index contributed by atoms with van der Waals surface area (Å²) in [6.45, 7) is 5.94. The van der Waals surface area contributed by atoms with Crippen LogP contribution in [0.4, 0.5) is 10.5 Å². The molecule has 0 spiro atoms. The number of carbonyl (C=O) groups is 2. The summed E-state index contributed by atoms with van der Waals surface area (Å²) in [7, 11) is 1.35. The van der Waals surface area contributed by atoms with E-state index in [4.69, 9.17) is 0 Å². The van der Waals surface area contributed by atoms with Crippen molar-refractivity contribution in [1.29, 1.82) is 5.26 Å². The molecule has 1 aromatic rings. The van der Waals surface area contributed by atoms with Gasteiger partial charge in [0, 0.05) is 38.1 Å². The Morgan fingerprint density at radius 3 is 2.52 bits per heavy atom. The first-order valence-corrected chi connectivity index (χ1v) is 8.02. The van der Waals surface area contributed by atoms with E-state index in [9.17, 15) is 14.9 Å². The molecule has 0 aromatic heterocycles. The lowest BCUT2D eigenvalue weighted by molar-refractivity contribution is -0.112. The Labute approximate surface area is 147 Å².